The van der Waals surface area contributed by atoms with Gasteiger partial charge >= 0.3 is 0 Å². The molecule has 94 valence electrons. The van der Waals surface area contributed by atoms with Gasteiger partial charge in [-0.1, -0.05) is 5.16 Å². The monoisotopic (exact) mass is 246 g/mol. The van der Waals surface area contributed by atoms with E-state index in [2.05, 4.69) is 10.5 Å². The molecule has 0 aromatic carbocycles. The van der Waals surface area contributed by atoms with Crippen LogP contribution in [0.4, 0.5) is 11.6 Å². The Morgan fingerprint density at radius 3 is 2.94 bits per heavy atom. The SMILES string of the molecule is Cc1cc(NC(=O)c2cc(N)cn2C2CC2)on1. The Morgan fingerprint density at radius 2 is 2.33 bits per heavy atom. The quantitative estimate of drug-likeness (QED) is 0.866. The molecule has 3 rings (SSSR count). The molecule has 1 saturated carbocycles. The first kappa shape index (κ1) is 10.9. The van der Waals surface area contributed by atoms with Gasteiger partial charge < -0.3 is 14.8 Å². The van der Waals surface area contributed by atoms with E-state index in [0.29, 0.717) is 23.3 Å². The number of nitrogens with one attached hydrogen (secondary N) is 1. The Labute approximate surface area is 104 Å². The largest absolute Gasteiger partial charge is 0.397 e. The average Bonchev–Trinajstić information content (AvgIpc) is 2.98. The molecule has 0 saturated heterocycles. The lowest BCUT2D eigenvalue weighted by molar-refractivity contribution is 0.101. The minimum Gasteiger partial charge on any atom is -0.397 e. The summed E-state index contributed by atoms with van der Waals surface area (Å²) in [6.07, 6.45) is 3.99. The van der Waals surface area contributed by atoms with E-state index in [-0.39, 0.29) is 5.91 Å². The fourth-order valence-corrected chi connectivity index (χ4v) is 1.94. The first-order valence-electron chi connectivity index (χ1n) is 5.85. The Bertz CT molecular complexity index is 595. The summed E-state index contributed by atoms with van der Waals surface area (Å²) >= 11 is 0. The normalized spacial score (nSPS) is 14.7. The lowest BCUT2D eigenvalue weighted by atomic mass is 10.3. The van der Waals surface area contributed by atoms with Crippen LogP contribution in [0.15, 0.2) is 22.9 Å². The minimum absolute atomic E-state index is 0.227. The number of nitrogens with zero attached hydrogens (tertiary/aromatic N) is 2. The van der Waals surface area contributed by atoms with E-state index in [9.17, 15) is 4.79 Å². The van der Waals surface area contributed by atoms with Gasteiger partial charge in [-0.15, -0.1) is 0 Å². The molecule has 0 spiro atoms. The summed E-state index contributed by atoms with van der Waals surface area (Å²) in [7, 11) is 0. The Hall–Kier alpha value is -2.24. The van der Waals surface area contributed by atoms with Crippen LogP contribution in [0.25, 0.3) is 0 Å². The highest BCUT2D eigenvalue weighted by atomic mass is 16.5. The van der Waals surface area contributed by atoms with Gasteiger partial charge in [0.1, 0.15) is 5.69 Å². The molecule has 0 radical (unpaired) electrons. The van der Waals surface area contributed by atoms with Crippen LogP contribution in [0.2, 0.25) is 0 Å². The number of amides is 1. The second-order valence-corrected chi connectivity index (χ2v) is 4.58. The van der Waals surface area contributed by atoms with Crippen molar-refractivity contribution in [1.29, 1.82) is 0 Å². The minimum atomic E-state index is -0.227. The summed E-state index contributed by atoms with van der Waals surface area (Å²) in [5, 5.41) is 6.39. The molecule has 6 heteroatoms. The molecule has 0 bridgehead atoms. The van der Waals surface area contributed by atoms with Crippen LogP contribution in [-0.2, 0) is 0 Å². The molecule has 2 heterocycles. The van der Waals surface area contributed by atoms with Crippen LogP contribution in [0.3, 0.4) is 0 Å². The third kappa shape index (κ3) is 1.97. The van der Waals surface area contributed by atoms with E-state index in [0.717, 1.165) is 18.5 Å². The number of aromatic nitrogens is 2. The lowest BCUT2D eigenvalue weighted by Crippen LogP contribution is -2.15. The van der Waals surface area contributed by atoms with Gasteiger partial charge in [0, 0.05) is 18.3 Å². The molecule has 0 aliphatic heterocycles. The summed E-state index contributed by atoms with van der Waals surface area (Å²) in [5.74, 6) is 0.120. The number of nitrogen functional groups attached to an aromatic ring is 1. The molecule has 1 amide bonds. The molecular formula is C12H14N4O2. The molecule has 1 aliphatic carbocycles. The summed E-state index contributed by atoms with van der Waals surface area (Å²) in [6.45, 7) is 1.80. The lowest BCUT2D eigenvalue weighted by Gasteiger charge is -2.06. The van der Waals surface area contributed by atoms with E-state index >= 15 is 0 Å². The van der Waals surface area contributed by atoms with Gasteiger partial charge in [0.05, 0.1) is 11.4 Å². The molecule has 0 unspecified atom stereocenters. The number of hydrogen-bond donors (Lipinski definition) is 2. The molecule has 1 aliphatic rings. The Morgan fingerprint density at radius 1 is 1.56 bits per heavy atom. The third-order valence-corrected chi connectivity index (χ3v) is 2.91. The van der Waals surface area contributed by atoms with E-state index in [1.165, 1.54) is 0 Å². The van der Waals surface area contributed by atoms with Crippen LogP contribution >= 0.6 is 0 Å². The van der Waals surface area contributed by atoms with Crippen LogP contribution in [-0.4, -0.2) is 15.6 Å². The predicted octanol–water partition coefficient (Wildman–Crippen LogP) is 1.95. The zero-order chi connectivity index (χ0) is 12.7. The van der Waals surface area contributed by atoms with Crippen LogP contribution in [0.1, 0.15) is 35.1 Å². The number of aryl methyl sites for hydroxylation is 1. The van der Waals surface area contributed by atoms with Crippen molar-refractivity contribution in [2.45, 2.75) is 25.8 Å². The van der Waals surface area contributed by atoms with Crippen molar-refractivity contribution in [2.24, 2.45) is 0 Å². The van der Waals surface area contributed by atoms with Crippen LogP contribution < -0.4 is 11.1 Å². The highest BCUT2D eigenvalue weighted by Gasteiger charge is 2.28. The highest BCUT2D eigenvalue weighted by molar-refractivity contribution is 6.03. The number of carbonyl (C=O) groups excluding carboxylic acids is 1. The molecule has 3 N–H and O–H groups in total. The van der Waals surface area contributed by atoms with Crippen molar-refractivity contribution in [3.05, 3.63) is 29.7 Å². The summed E-state index contributed by atoms with van der Waals surface area (Å²) in [5.41, 5.74) is 7.63. The topological polar surface area (TPSA) is 86.1 Å². The molecular weight excluding hydrogens is 232 g/mol. The third-order valence-electron chi connectivity index (χ3n) is 2.91. The fraction of sp³-hybridized carbons (Fsp3) is 0.333. The Balaban J connectivity index is 1.83. The number of rotatable bonds is 3. The van der Waals surface area contributed by atoms with Crippen molar-refractivity contribution in [2.75, 3.05) is 11.1 Å². The standard InChI is InChI=1S/C12H14N4O2/c1-7-4-11(18-15-7)14-12(17)10-5-8(13)6-16(10)9-2-3-9/h4-6,9H,2-3,13H2,1H3,(H,14,17). The van der Waals surface area contributed by atoms with E-state index in [4.69, 9.17) is 10.3 Å². The number of nitrogens with two attached hydrogens (primary N) is 1. The molecule has 0 atom stereocenters. The zero-order valence-electron chi connectivity index (χ0n) is 10.0. The van der Waals surface area contributed by atoms with E-state index in [1.807, 2.05) is 4.57 Å². The maximum absolute atomic E-state index is 12.1. The molecule has 18 heavy (non-hydrogen) atoms. The van der Waals surface area contributed by atoms with Gasteiger partial charge in [-0.3, -0.25) is 10.1 Å². The first-order chi connectivity index (χ1) is 8.63. The van der Waals surface area contributed by atoms with Gasteiger partial charge in [0.2, 0.25) is 5.88 Å². The van der Waals surface area contributed by atoms with Crippen molar-refractivity contribution in [3.63, 3.8) is 0 Å². The van der Waals surface area contributed by atoms with Crippen LogP contribution in [0.5, 0.6) is 0 Å². The van der Waals surface area contributed by atoms with Gasteiger partial charge in [0.15, 0.2) is 0 Å². The van der Waals surface area contributed by atoms with Crippen molar-refractivity contribution < 1.29 is 9.32 Å². The van der Waals surface area contributed by atoms with Crippen molar-refractivity contribution in [1.82, 2.24) is 9.72 Å². The second kappa shape index (κ2) is 3.90. The molecule has 6 nitrogen and oxygen atoms in total. The smallest absolute Gasteiger partial charge is 0.274 e. The van der Waals surface area contributed by atoms with Gasteiger partial charge in [-0.25, -0.2) is 0 Å². The summed E-state index contributed by atoms with van der Waals surface area (Å²) in [6, 6.07) is 3.75. The molecule has 2 aromatic heterocycles. The highest BCUT2D eigenvalue weighted by Crippen LogP contribution is 2.37. The van der Waals surface area contributed by atoms with Gasteiger partial charge in [0.25, 0.3) is 5.91 Å². The average molecular weight is 246 g/mol. The first-order valence-corrected chi connectivity index (χ1v) is 5.85. The van der Waals surface area contributed by atoms with Gasteiger partial charge in [-0.2, -0.15) is 0 Å². The zero-order valence-corrected chi connectivity index (χ0v) is 10.0. The number of anilines is 2. The van der Waals surface area contributed by atoms with E-state index in [1.54, 1.807) is 25.3 Å². The summed E-state index contributed by atoms with van der Waals surface area (Å²) in [4.78, 5) is 12.1. The molecule has 2 aromatic rings. The molecule has 1 fully saturated rings. The maximum Gasteiger partial charge on any atom is 0.274 e. The van der Waals surface area contributed by atoms with E-state index < -0.39 is 0 Å². The van der Waals surface area contributed by atoms with Gasteiger partial charge in [-0.05, 0) is 25.8 Å². The van der Waals surface area contributed by atoms with Crippen molar-refractivity contribution >= 4 is 17.5 Å². The van der Waals surface area contributed by atoms with Crippen LogP contribution in [0, 0.1) is 6.92 Å². The Kier molecular flexibility index (Phi) is 2.36. The number of carbonyl (C=O) groups is 1. The predicted molar refractivity (Wildman–Crippen MR) is 66.3 cm³/mol. The van der Waals surface area contributed by atoms with Crippen molar-refractivity contribution in [3.8, 4) is 0 Å². The summed E-state index contributed by atoms with van der Waals surface area (Å²) < 4.78 is 6.88. The second-order valence-electron chi connectivity index (χ2n) is 4.58. The number of hydrogen-bond acceptors (Lipinski definition) is 4. The fourth-order valence-electron chi connectivity index (χ4n) is 1.94. The maximum atomic E-state index is 12.1.